The largest absolute Gasteiger partial charge is 0.481 e. The number of benzene rings is 3. The number of fused-ring (bicyclic) bond motifs is 3. The van der Waals surface area contributed by atoms with Gasteiger partial charge in [-0.25, -0.2) is 4.79 Å². The summed E-state index contributed by atoms with van der Waals surface area (Å²) < 4.78 is 5.48. The van der Waals surface area contributed by atoms with Crippen LogP contribution in [0.2, 0.25) is 0 Å². The molecule has 1 aliphatic carbocycles. The van der Waals surface area contributed by atoms with Crippen molar-refractivity contribution in [1.82, 2.24) is 5.32 Å². The molecule has 0 saturated heterocycles. The predicted molar refractivity (Wildman–Crippen MR) is 124 cm³/mol. The topological polar surface area (TPSA) is 105 Å². The van der Waals surface area contributed by atoms with Gasteiger partial charge in [0.2, 0.25) is 5.91 Å². The van der Waals surface area contributed by atoms with E-state index in [2.05, 4.69) is 22.8 Å². The molecule has 168 valence electrons. The molecule has 3 aromatic rings. The van der Waals surface area contributed by atoms with Gasteiger partial charge in [-0.1, -0.05) is 66.7 Å². The number of alkyl carbamates (subject to hydrolysis) is 1. The molecular formula is C26H24N2O5. The van der Waals surface area contributed by atoms with Gasteiger partial charge in [-0.15, -0.1) is 0 Å². The number of para-hydroxylation sites is 1. The number of carbonyl (C=O) groups excluding carboxylic acids is 2. The summed E-state index contributed by atoms with van der Waals surface area (Å²) in [5.74, 6) is -1.54. The van der Waals surface area contributed by atoms with E-state index in [4.69, 9.17) is 9.84 Å². The van der Waals surface area contributed by atoms with E-state index in [1.165, 1.54) is 6.92 Å². The molecule has 7 nitrogen and oxygen atoms in total. The minimum absolute atomic E-state index is 0.0739. The monoisotopic (exact) mass is 444 g/mol. The molecule has 1 aliphatic rings. The summed E-state index contributed by atoms with van der Waals surface area (Å²) in [6.07, 6.45) is -0.914. The van der Waals surface area contributed by atoms with Crippen molar-refractivity contribution in [1.29, 1.82) is 0 Å². The number of amides is 2. The number of anilines is 1. The molecule has 0 heterocycles. The van der Waals surface area contributed by atoms with Crippen LogP contribution in [0.4, 0.5) is 10.5 Å². The first kappa shape index (κ1) is 22.1. The van der Waals surface area contributed by atoms with Crippen molar-refractivity contribution < 1.29 is 24.2 Å². The fourth-order valence-electron chi connectivity index (χ4n) is 4.08. The van der Waals surface area contributed by atoms with E-state index in [1.54, 1.807) is 24.3 Å². The van der Waals surface area contributed by atoms with Crippen LogP contribution in [0.1, 0.15) is 29.5 Å². The first-order chi connectivity index (χ1) is 15.9. The molecule has 0 saturated carbocycles. The summed E-state index contributed by atoms with van der Waals surface area (Å²) >= 11 is 0. The lowest BCUT2D eigenvalue weighted by Gasteiger charge is -2.18. The number of carbonyl (C=O) groups is 3. The molecule has 0 unspecified atom stereocenters. The van der Waals surface area contributed by atoms with E-state index in [1.807, 2.05) is 36.4 Å². The molecule has 3 N–H and O–H groups in total. The maximum absolute atomic E-state index is 12.5. The second-order valence-corrected chi connectivity index (χ2v) is 7.91. The van der Waals surface area contributed by atoms with Crippen LogP contribution in [-0.4, -0.2) is 35.7 Å². The van der Waals surface area contributed by atoms with Crippen LogP contribution < -0.4 is 10.6 Å². The number of ether oxygens (including phenoxy) is 1. The average molecular weight is 444 g/mol. The van der Waals surface area contributed by atoms with Gasteiger partial charge < -0.3 is 20.5 Å². The van der Waals surface area contributed by atoms with Crippen LogP contribution in [0, 0.1) is 0 Å². The third-order valence-electron chi connectivity index (χ3n) is 5.69. The van der Waals surface area contributed by atoms with Gasteiger partial charge in [0.1, 0.15) is 12.6 Å². The van der Waals surface area contributed by atoms with E-state index in [0.717, 1.165) is 22.3 Å². The van der Waals surface area contributed by atoms with Gasteiger partial charge >= 0.3 is 12.1 Å². The van der Waals surface area contributed by atoms with Gasteiger partial charge in [0.05, 0.1) is 6.42 Å². The minimum atomic E-state index is -0.999. The van der Waals surface area contributed by atoms with Crippen LogP contribution >= 0.6 is 0 Å². The zero-order valence-electron chi connectivity index (χ0n) is 18.1. The lowest BCUT2D eigenvalue weighted by atomic mass is 9.98. The van der Waals surface area contributed by atoms with Crippen LogP contribution in [0.3, 0.4) is 0 Å². The van der Waals surface area contributed by atoms with Crippen LogP contribution in [0.15, 0.2) is 72.8 Å². The molecule has 0 aliphatic heterocycles. The Balaban J connectivity index is 1.36. The maximum Gasteiger partial charge on any atom is 0.407 e. The Labute approximate surface area is 191 Å². The molecule has 3 aromatic carbocycles. The Kier molecular flexibility index (Phi) is 6.40. The number of hydrogen-bond acceptors (Lipinski definition) is 4. The lowest BCUT2D eigenvalue weighted by molar-refractivity contribution is -0.136. The molecular weight excluding hydrogens is 420 g/mol. The number of carboxylic acid groups (broad SMARTS) is 1. The fraction of sp³-hybridized carbons (Fsp3) is 0.192. The zero-order valence-corrected chi connectivity index (χ0v) is 18.1. The first-order valence-electron chi connectivity index (χ1n) is 10.7. The Morgan fingerprint density at radius 1 is 0.909 bits per heavy atom. The highest BCUT2D eigenvalue weighted by Crippen LogP contribution is 2.44. The van der Waals surface area contributed by atoms with Crippen molar-refractivity contribution >= 4 is 23.7 Å². The van der Waals surface area contributed by atoms with Crippen molar-refractivity contribution in [3.8, 4) is 11.1 Å². The first-order valence-corrected chi connectivity index (χ1v) is 10.7. The Morgan fingerprint density at radius 3 is 2.12 bits per heavy atom. The highest BCUT2D eigenvalue weighted by Gasteiger charge is 2.29. The minimum Gasteiger partial charge on any atom is -0.481 e. The maximum atomic E-state index is 12.5. The molecule has 2 amide bonds. The Bertz CT molecular complexity index is 1160. The van der Waals surface area contributed by atoms with Crippen molar-refractivity contribution in [2.24, 2.45) is 0 Å². The highest BCUT2D eigenvalue weighted by atomic mass is 16.5. The Hall–Kier alpha value is -4.13. The van der Waals surface area contributed by atoms with Crippen LogP contribution in [-0.2, 0) is 20.7 Å². The van der Waals surface area contributed by atoms with Crippen molar-refractivity contribution in [2.75, 3.05) is 11.9 Å². The predicted octanol–water partition coefficient (Wildman–Crippen LogP) is 4.18. The fourth-order valence-corrected chi connectivity index (χ4v) is 4.08. The molecule has 1 atom stereocenters. The van der Waals surface area contributed by atoms with Gasteiger partial charge in [0.15, 0.2) is 0 Å². The van der Waals surface area contributed by atoms with Crippen molar-refractivity contribution in [2.45, 2.75) is 25.3 Å². The lowest BCUT2D eigenvalue weighted by Crippen LogP contribution is -2.42. The smallest absolute Gasteiger partial charge is 0.407 e. The van der Waals surface area contributed by atoms with Gasteiger partial charge in [-0.2, -0.15) is 0 Å². The number of carboxylic acids is 1. The summed E-state index contributed by atoms with van der Waals surface area (Å²) in [6, 6.07) is 21.9. The number of hydrogen-bond donors (Lipinski definition) is 3. The van der Waals surface area contributed by atoms with Crippen LogP contribution in [0.25, 0.3) is 11.1 Å². The summed E-state index contributed by atoms with van der Waals surface area (Å²) in [4.78, 5) is 36.0. The van der Waals surface area contributed by atoms with Gasteiger partial charge in [0, 0.05) is 11.6 Å². The molecule has 33 heavy (non-hydrogen) atoms. The number of aliphatic carboxylic acids is 1. The quantitative estimate of drug-likeness (QED) is 0.507. The van der Waals surface area contributed by atoms with Gasteiger partial charge in [0.25, 0.3) is 0 Å². The van der Waals surface area contributed by atoms with Crippen LogP contribution in [0.5, 0.6) is 0 Å². The molecule has 7 heteroatoms. The average Bonchev–Trinajstić information content (AvgIpc) is 3.12. The van der Waals surface area contributed by atoms with E-state index >= 15 is 0 Å². The van der Waals surface area contributed by atoms with E-state index in [9.17, 15) is 14.4 Å². The zero-order chi connectivity index (χ0) is 23.4. The number of rotatable bonds is 7. The molecule has 4 rings (SSSR count). The molecule has 0 fully saturated rings. The summed E-state index contributed by atoms with van der Waals surface area (Å²) in [5, 5.41) is 14.3. The normalized spacial score (nSPS) is 12.9. The molecule has 0 spiro atoms. The number of nitrogens with one attached hydrogen (secondary N) is 2. The summed E-state index contributed by atoms with van der Waals surface area (Å²) in [6.45, 7) is 1.69. The standard InChI is InChI=1S/C26H24N2O5/c1-16(25(31)28-23-13-7-2-8-17(23)14-24(29)30)27-26(32)33-15-22-20-11-5-3-9-18(20)19-10-4-6-12-21(19)22/h2-13,16,22H,14-15H2,1H3,(H,27,32)(H,28,31)(H,29,30)/t16-/m1/s1. The Morgan fingerprint density at radius 2 is 1.48 bits per heavy atom. The van der Waals surface area contributed by atoms with Crippen molar-refractivity contribution in [3.63, 3.8) is 0 Å². The van der Waals surface area contributed by atoms with E-state index < -0.39 is 24.0 Å². The third kappa shape index (κ3) is 4.87. The van der Waals surface area contributed by atoms with E-state index in [-0.39, 0.29) is 18.9 Å². The summed E-state index contributed by atoms with van der Waals surface area (Å²) in [7, 11) is 0. The van der Waals surface area contributed by atoms with Gasteiger partial charge in [-0.05, 0) is 40.8 Å². The van der Waals surface area contributed by atoms with Gasteiger partial charge in [-0.3, -0.25) is 9.59 Å². The van der Waals surface area contributed by atoms with Crippen molar-refractivity contribution in [3.05, 3.63) is 89.5 Å². The third-order valence-corrected chi connectivity index (χ3v) is 5.69. The summed E-state index contributed by atoms with van der Waals surface area (Å²) in [5.41, 5.74) is 5.35. The molecule has 0 aromatic heterocycles. The second kappa shape index (κ2) is 9.56. The highest BCUT2D eigenvalue weighted by molar-refractivity contribution is 5.97. The van der Waals surface area contributed by atoms with E-state index in [0.29, 0.717) is 11.3 Å². The molecule has 0 bridgehead atoms. The second-order valence-electron chi connectivity index (χ2n) is 7.91. The SMILES string of the molecule is C[C@@H](NC(=O)OCC1c2ccccc2-c2ccccc21)C(=O)Nc1ccccc1CC(=O)O. The molecule has 0 radical (unpaired) electrons.